The number of amides is 1. The number of hydrogen-bond acceptors (Lipinski definition) is 4. The molecule has 1 rings (SSSR count). The van der Waals surface area contributed by atoms with Crippen LogP contribution in [0.4, 0.5) is 13.2 Å². The molecule has 21 heavy (non-hydrogen) atoms. The average Bonchev–Trinajstić information content (AvgIpc) is 2.45. The number of esters is 1. The molecule has 0 aliphatic carbocycles. The number of hydrogen-bond donors (Lipinski definition) is 0. The van der Waals surface area contributed by atoms with Gasteiger partial charge < -0.3 is 9.64 Å². The maximum absolute atomic E-state index is 12.4. The first-order valence-corrected chi connectivity index (χ1v) is 6.19. The van der Waals surface area contributed by atoms with E-state index in [2.05, 4.69) is 9.72 Å². The van der Waals surface area contributed by atoms with E-state index in [9.17, 15) is 22.8 Å². The summed E-state index contributed by atoms with van der Waals surface area (Å²) in [6.45, 7) is 1.81. The van der Waals surface area contributed by atoms with Crippen LogP contribution in [0, 0.1) is 0 Å². The van der Waals surface area contributed by atoms with Gasteiger partial charge in [-0.25, -0.2) is 0 Å². The summed E-state index contributed by atoms with van der Waals surface area (Å²) in [4.78, 5) is 28.1. The normalized spacial score (nSPS) is 11.1. The van der Waals surface area contributed by atoms with E-state index in [1.54, 1.807) is 6.92 Å². The highest BCUT2D eigenvalue weighted by Crippen LogP contribution is 2.28. The number of pyridine rings is 1. The molecule has 0 radical (unpaired) electrons. The number of nitrogens with zero attached hydrogens (tertiary/aromatic N) is 2. The summed E-state index contributed by atoms with van der Waals surface area (Å²) < 4.78 is 41.7. The van der Waals surface area contributed by atoms with Gasteiger partial charge in [0.1, 0.15) is 12.2 Å². The Morgan fingerprint density at radius 2 is 2.00 bits per heavy atom. The van der Waals surface area contributed by atoms with Gasteiger partial charge in [0.25, 0.3) is 5.91 Å². The summed E-state index contributed by atoms with van der Waals surface area (Å²) >= 11 is 0. The third kappa shape index (κ3) is 4.73. The zero-order valence-corrected chi connectivity index (χ0v) is 11.6. The number of methoxy groups -OCH3 is 1. The van der Waals surface area contributed by atoms with Crippen LogP contribution in [0.3, 0.4) is 0 Å². The molecule has 0 N–H and O–H groups in total. The first-order chi connectivity index (χ1) is 9.79. The summed E-state index contributed by atoms with van der Waals surface area (Å²) in [5.74, 6) is -1.22. The van der Waals surface area contributed by atoms with Crippen molar-refractivity contribution < 1.29 is 27.5 Å². The molecular formula is C13H15F3N2O3. The highest BCUT2D eigenvalue weighted by atomic mass is 19.4. The van der Waals surface area contributed by atoms with Crippen LogP contribution in [0.1, 0.15) is 29.4 Å². The lowest BCUT2D eigenvalue weighted by atomic mass is 10.2. The van der Waals surface area contributed by atoms with E-state index in [1.807, 2.05) is 0 Å². The van der Waals surface area contributed by atoms with Crippen molar-refractivity contribution in [2.45, 2.75) is 19.5 Å². The lowest BCUT2D eigenvalue weighted by Gasteiger charge is -2.20. The minimum absolute atomic E-state index is 0.152. The minimum atomic E-state index is -4.51. The largest absolute Gasteiger partial charge is 0.468 e. The molecule has 0 bridgehead atoms. The van der Waals surface area contributed by atoms with Gasteiger partial charge in [-0.2, -0.15) is 13.2 Å². The highest BCUT2D eigenvalue weighted by Gasteiger charge is 2.31. The maximum Gasteiger partial charge on any atom is 0.417 e. The first kappa shape index (κ1) is 16.9. The molecule has 116 valence electrons. The third-order valence-corrected chi connectivity index (χ3v) is 2.64. The van der Waals surface area contributed by atoms with Crippen LogP contribution in [0.15, 0.2) is 18.3 Å². The molecule has 1 aromatic heterocycles. The van der Waals surface area contributed by atoms with Crippen molar-refractivity contribution in [1.29, 1.82) is 0 Å². The molecule has 1 aromatic rings. The molecule has 0 atom stereocenters. The standard InChI is InChI=1S/C13H15F3N2O3/c1-3-6-18(8-11(19)21-2)12(20)10-5-4-9(7-17-10)13(14,15)16/h4-5,7H,3,6,8H2,1-2H3. The molecule has 0 saturated carbocycles. The monoisotopic (exact) mass is 304 g/mol. The molecule has 0 unspecified atom stereocenters. The van der Waals surface area contributed by atoms with Gasteiger partial charge in [0, 0.05) is 12.7 Å². The fourth-order valence-corrected chi connectivity index (χ4v) is 1.59. The summed E-state index contributed by atoms with van der Waals surface area (Å²) in [5, 5.41) is 0. The topological polar surface area (TPSA) is 59.5 Å². The highest BCUT2D eigenvalue weighted by molar-refractivity contribution is 5.94. The van der Waals surface area contributed by atoms with E-state index in [1.165, 1.54) is 12.0 Å². The lowest BCUT2D eigenvalue weighted by Crippen LogP contribution is -2.37. The van der Waals surface area contributed by atoms with E-state index in [-0.39, 0.29) is 18.8 Å². The number of rotatable bonds is 5. The summed E-state index contributed by atoms with van der Waals surface area (Å²) in [6, 6.07) is 1.77. The van der Waals surface area contributed by atoms with Gasteiger partial charge in [-0.1, -0.05) is 6.92 Å². The van der Waals surface area contributed by atoms with Gasteiger partial charge in [0.05, 0.1) is 12.7 Å². The Labute approximate surface area is 119 Å². The van der Waals surface area contributed by atoms with Crippen molar-refractivity contribution in [3.8, 4) is 0 Å². The summed E-state index contributed by atoms with van der Waals surface area (Å²) in [7, 11) is 1.19. The molecule has 8 heteroatoms. The van der Waals surface area contributed by atoms with Crippen LogP contribution in [0.2, 0.25) is 0 Å². The summed E-state index contributed by atoms with van der Waals surface area (Å²) in [6.07, 6.45) is -3.33. The molecule has 0 fully saturated rings. The molecule has 1 heterocycles. The van der Waals surface area contributed by atoms with Gasteiger partial charge in [0.2, 0.25) is 0 Å². The Bertz CT molecular complexity index is 500. The number of halogens is 3. The van der Waals surface area contributed by atoms with Crippen LogP contribution in [-0.4, -0.2) is 42.0 Å². The van der Waals surface area contributed by atoms with Crippen molar-refractivity contribution in [3.05, 3.63) is 29.6 Å². The van der Waals surface area contributed by atoms with Crippen LogP contribution >= 0.6 is 0 Å². The van der Waals surface area contributed by atoms with E-state index in [0.29, 0.717) is 12.6 Å². The molecule has 5 nitrogen and oxygen atoms in total. The fraction of sp³-hybridized carbons (Fsp3) is 0.462. The van der Waals surface area contributed by atoms with E-state index >= 15 is 0 Å². The first-order valence-electron chi connectivity index (χ1n) is 6.19. The number of ether oxygens (including phenoxy) is 1. The molecule has 0 aliphatic rings. The Kier molecular flexibility index (Phi) is 5.69. The van der Waals surface area contributed by atoms with Gasteiger partial charge in [-0.3, -0.25) is 14.6 Å². The van der Waals surface area contributed by atoms with Crippen LogP contribution in [0.5, 0.6) is 0 Å². The Balaban J connectivity index is 2.91. The van der Waals surface area contributed by atoms with Gasteiger partial charge in [-0.15, -0.1) is 0 Å². The molecular weight excluding hydrogens is 289 g/mol. The second kappa shape index (κ2) is 7.05. The van der Waals surface area contributed by atoms with Crippen molar-refractivity contribution >= 4 is 11.9 Å². The zero-order chi connectivity index (χ0) is 16.0. The van der Waals surface area contributed by atoms with Crippen molar-refractivity contribution in [2.75, 3.05) is 20.2 Å². The lowest BCUT2D eigenvalue weighted by molar-refractivity contribution is -0.141. The SMILES string of the molecule is CCCN(CC(=O)OC)C(=O)c1ccc(C(F)(F)F)cn1. The number of carbonyl (C=O) groups is 2. The van der Waals surface area contributed by atoms with Crippen molar-refractivity contribution in [3.63, 3.8) is 0 Å². The smallest absolute Gasteiger partial charge is 0.417 e. The third-order valence-electron chi connectivity index (χ3n) is 2.64. The Morgan fingerprint density at radius 1 is 1.33 bits per heavy atom. The fourth-order valence-electron chi connectivity index (χ4n) is 1.59. The Hall–Kier alpha value is -2.12. The second-order valence-electron chi connectivity index (χ2n) is 4.23. The van der Waals surface area contributed by atoms with Crippen LogP contribution in [0.25, 0.3) is 0 Å². The molecule has 0 aromatic carbocycles. The number of carbonyl (C=O) groups excluding carboxylic acids is 2. The van der Waals surface area contributed by atoms with Crippen LogP contribution < -0.4 is 0 Å². The minimum Gasteiger partial charge on any atom is -0.468 e. The maximum atomic E-state index is 12.4. The second-order valence-corrected chi connectivity index (χ2v) is 4.23. The number of aromatic nitrogens is 1. The Morgan fingerprint density at radius 3 is 2.43 bits per heavy atom. The van der Waals surface area contributed by atoms with E-state index in [4.69, 9.17) is 0 Å². The predicted octanol–water partition coefficient (Wildman–Crippen LogP) is 2.13. The molecule has 0 saturated heterocycles. The number of alkyl halides is 3. The van der Waals surface area contributed by atoms with Gasteiger partial charge in [0.15, 0.2) is 0 Å². The molecule has 1 amide bonds. The van der Waals surface area contributed by atoms with Gasteiger partial charge in [-0.05, 0) is 18.6 Å². The van der Waals surface area contributed by atoms with Crippen molar-refractivity contribution in [1.82, 2.24) is 9.88 Å². The van der Waals surface area contributed by atoms with E-state index < -0.39 is 23.6 Å². The van der Waals surface area contributed by atoms with E-state index in [0.717, 1.165) is 12.1 Å². The van der Waals surface area contributed by atoms with Crippen molar-refractivity contribution in [2.24, 2.45) is 0 Å². The van der Waals surface area contributed by atoms with Gasteiger partial charge >= 0.3 is 12.1 Å². The molecule has 0 spiro atoms. The molecule has 0 aliphatic heterocycles. The summed E-state index contributed by atoms with van der Waals surface area (Å²) in [5.41, 5.74) is -1.09. The zero-order valence-electron chi connectivity index (χ0n) is 11.6. The quantitative estimate of drug-likeness (QED) is 0.782. The average molecular weight is 304 g/mol. The van der Waals surface area contributed by atoms with Crippen LogP contribution in [-0.2, 0) is 15.7 Å². The predicted molar refractivity (Wildman–Crippen MR) is 67.4 cm³/mol.